The van der Waals surface area contributed by atoms with Gasteiger partial charge in [-0.25, -0.2) is 0 Å². The van der Waals surface area contributed by atoms with Crippen LogP contribution in [0.3, 0.4) is 0 Å². The molecule has 1 amide bonds. The van der Waals surface area contributed by atoms with Crippen LogP contribution in [-0.4, -0.2) is 37.0 Å². The Labute approximate surface area is 119 Å². The fourth-order valence-corrected chi connectivity index (χ4v) is 3.00. The molecule has 1 aliphatic heterocycles. The number of amides is 1. The molecule has 0 aromatic carbocycles. The van der Waals surface area contributed by atoms with Crippen molar-refractivity contribution < 1.29 is 4.79 Å². The maximum Gasteiger partial charge on any atom is 0.222 e. The molecule has 0 spiro atoms. The van der Waals surface area contributed by atoms with Gasteiger partial charge in [0, 0.05) is 25.6 Å². The molecule has 3 nitrogen and oxygen atoms in total. The number of rotatable bonds is 5. The molecule has 1 aliphatic rings. The minimum Gasteiger partial charge on any atom is -0.341 e. The molecule has 1 saturated heterocycles. The highest BCUT2D eigenvalue weighted by Gasteiger charge is 2.29. The van der Waals surface area contributed by atoms with Crippen molar-refractivity contribution in [1.29, 1.82) is 0 Å². The molecular weight excluding hydrogens is 236 g/mol. The Morgan fingerprint density at radius 3 is 2.58 bits per heavy atom. The second kappa shape index (κ2) is 7.28. The Bertz CT molecular complexity index is 283. The average Bonchev–Trinajstić information content (AvgIpc) is 2.49. The van der Waals surface area contributed by atoms with E-state index in [0.717, 1.165) is 31.8 Å². The van der Waals surface area contributed by atoms with E-state index in [1.807, 2.05) is 7.05 Å². The zero-order valence-electron chi connectivity index (χ0n) is 13.5. The lowest BCUT2D eigenvalue weighted by Gasteiger charge is -2.35. The molecule has 1 heterocycles. The molecule has 1 fully saturated rings. The first-order chi connectivity index (χ1) is 8.88. The third-order valence-corrected chi connectivity index (χ3v) is 4.42. The lowest BCUT2D eigenvalue weighted by Crippen LogP contribution is -2.48. The van der Waals surface area contributed by atoms with Gasteiger partial charge >= 0.3 is 0 Å². The summed E-state index contributed by atoms with van der Waals surface area (Å²) in [7, 11) is 2.00. The summed E-state index contributed by atoms with van der Waals surface area (Å²) >= 11 is 0. The molecule has 2 unspecified atom stereocenters. The predicted octanol–water partition coefficient (Wildman–Crippen LogP) is 3.05. The third-order valence-electron chi connectivity index (χ3n) is 4.42. The van der Waals surface area contributed by atoms with Gasteiger partial charge in [0.25, 0.3) is 0 Å². The van der Waals surface area contributed by atoms with Crippen molar-refractivity contribution in [3.05, 3.63) is 0 Å². The van der Waals surface area contributed by atoms with Gasteiger partial charge < -0.3 is 10.2 Å². The second-order valence-electron chi connectivity index (χ2n) is 7.03. The zero-order valence-corrected chi connectivity index (χ0v) is 13.5. The quantitative estimate of drug-likeness (QED) is 0.831. The van der Waals surface area contributed by atoms with Crippen LogP contribution in [0.5, 0.6) is 0 Å². The van der Waals surface area contributed by atoms with Crippen LogP contribution in [-0.2, 0) is 4.79 Å². The molecule has 19 heavy (non-hydrogen) atoms. The van der Waals surface area contributed by atoms with Crippen molar-refractivity contribution >= 4 is 5.91 Å². The van der Waals surface area contributed by atoms with Gasteiger partial charge in [0.05, 0.1) is 0 Å². The summed E-state index contributed by atoms with van der Waals surface area (Å²) in [5.41, 5.74) is 0.185. The molecule has 1 N–H and O–H groups in total. The van der Waals surface area contributed by atoms with Crippen molar-refractivity contribution in [1.82, 2.24) is 10.2 Å². The number of nitrogens with one attached hydrogen (secondary N) is 1. The van der Waals surface area contributed by atoms with E-state index in [1.165, 1.54) is 19.3 Å². The Morgan fingerprint density at radius 2 is 2.05 bits per heavy atom. The van der Waals surface area contributed by atoms with Crippen molar-refractivity contribution in [2.75, 3.05) is 20.1 Å². The van der Waals surface area contributed by atoms with Gasteiger partial charge in [-0.05, 0) is 31.2 Å². The Hall–Kier alpha value is -0.570. The third kappa shape index (κ3) is 5.13. The van der Waals surface area contributed by atoms with E-state index in [4.69, 9.17) is 0 Å². The smallest absolute Gasteiger partial charge is 0.222 e. The molecule has 0 radical (unpaired) electrons. The van der Waals surface area contributed by atoms with E-state index in [9.17, 15) is 4.79 Å². The van der Waals surface area contributed by atoms with Gasteiger partial charge in [-0.15, -0.1) is 0 Å². The summed E-state index contributed by atoms with van der Waals surface area (Å²) in [5, 5.41) is 3.37. The minimum atomic E-state index is 0.185. The number of carbonyl (C=O) groups is 1. The molecule has 2 atom stereocenters. The van der Waals surface area contributed by atoms with E-state index in [-0.39, 0.29) is 5.41 Å². The van der Waals surface area contributed by atoms with Gasteiger partial charge in [-0.3, -0.25) is 4.79 Å². The number of hydrogen-bond acceptors (Lipinski definition) is 2. The number of nitrogens with zero attached hydrogens (tertiary/aromatic N) is 1. The summed E-state index contributed by atoms with van der Waals surface area (Å²) in [6.07, 6.45) is 5.52. The maximum atomic E-state index is 12.2. The largest absolute Gasteiger partial charge is 0.341 e. The van der Waals surface area contributed by atoms with Crippen molar-refractivity contribution in [3.8, 4) is 0 Å². The summed E-state index contributed by atoms with van der Waals surface area (Å²) in [5.74, 6) is 1.10. The topological polar surface area (TPSA) is 32.3 Å². The molecule has 0 aromatic heterocycles. The van der Waals surface area contributed by atoms with Crippen molar-refractivity contribution in [2.45, 2.75) is 65.8 Å². The van der Waals surface area contributed by atoms with Crippen LogP contribution in [0.15, 0.2) is 0 Å². The highest BCUT2D eigenvalue weighted by Crippen LogP contribution is 2.25. The van der Waals surface area contributed by atoms with Crippen molar-refractivity contribution in [2.24, 2.45) is 11.3 Å². The maximum absolute atomic E-state index is 12.2. The molecule has 0 aliphatic carbocycles. The van der Waals surface area contributed by atoms with E-state index < -0.39 is 0 Å². The van der Waals surface area contributed by atoms with Crippen LogP contribution in [0.2, 0.25) is 0 Å². The Balaban J connectivity index is 2.59. The first kappa shape index (κ1) is 16.5. The van der Waals surface area contributed by atoms with E-state index >= 15 is 0 Å². The average molecular weight is 268 g/mol. The van der Waals surface area contributed by atoms with Crippen LogP contribution >= 0.6 is 0 Å². The molecule has 1 rings (SSSR count). The van der Waals surface area contributed by atoms with Crippen molar-refractivity contribution in [3.63, 3.8) is 0 Å². The van der Waals surface area contributed by atoms with Gasteiger partial charge in [0.1, 0.15) is 0 Å². The fourth-order valence-electron chi connectivity index (χ4n) is 3.00. The van der Waals surface area contributed by atoms with E-state index in [0.29, 0.717) is 11.9 Å². The first-order valence-corrected chi connectivity index (χ1v) is 7.83. The predicted molar refractivity (Wildman–Crippen MR) is 81.1 cm³/mol. The summed E-state index contributed by atoms with van der Waals surface area (Å²) in [4.78, 5) is 14.3. The SMILES string of the molecule is CCCC1CCC(=O)N(CC(NC)C(C)(C)C)CC1. The van der Waals surface area contributed by atoms with Gasteiger partial charge in [0.15, 0.2) is 0 Å². The van der Waals surface area contributed by atoms with Gasteiger partial charge in [-0.2, -0.15) is 0 Å². The number of hydrogen-bond donors (Lipinski definition) is 1. The molecular formula is C16H32N2O. The number of likely N-dealkylation sites (tertiary alicyclic amines) is 1. The fraction of sp³-hybridized carbons (Fsp3) is 0.938. The summed E-state index contributed by atoms with van der Waals surface area (Å²) in [6, 6.07) is 0.360. The van der Waals surface area contributed by atoms with E-state index in [1.54, 1.807) is 0 Å². The first-order valence-electron chi connectivity index (χ1n) is 7.83. The highest BCUT2D eigenvalue weighted by atomic mass is 16.2. The van der Waals surface area contributed by atoms with Crippen LogP contribution < -0.4 is 5.32 Å². The zero-order chi connectivity index (χ0) is 14.5. The number of likely N-dealkylation sites (N-methyl/N-ethyl adjacent to an activating group) is 1. The van der Waals surface area contributed by atoms with Crippen LogP contribution in [0.1, 0.15) is 59.8 Å². The summed E-state index contributed by atoms with van der Waals surface area (Å²) < 4.78 is 0. The molecule has 112 valence electrons. The molecule has 0 bridgehead atoms. The molecule has 0 aromatic rings. The van der Waals surface area contributed by atoms with Crippen LogP contribution in [0.4, 0.5) is 0 Å². The lowest BCUT2D eigenvalue weighted by molar-refractivity contribution is -0.131. The van der Waals surface area contributed by atoms with Gasteiger partial charge in [-0.1, -0.05) is 40.5 Å². The lowest BCUT2D eigenvalue weighted by atomic mass is 9.86. The molecule has 0 saturated carbocycles. The summed E-state index contributed by atoms with van der Waals surface area (Å²) in [6.45, 7) is 10.7. The standard InChI is InChI=1S/C16H32N2O/c1-6-7-13-8-9-15(19)18(11-10-13)12-14(17-5)16(2,3)4/h13-14,17H,6-12H2,1-5H3. The Morgan fingerprint density at radius 1 is 1.37 bits per heavy atom. The van der Waals surface area contributed by atoms with Crippen LogP contribution in [0, 0.1) is 11.3 Å². The minimum absolute atomic E-state index is 0.185. The second-order valence-corrected chi connectivity index (χ2v) is 7.03. The monoisotopic (exact) mass is 268 g/mol. The molecule has 3 heteroatoms. The van der Waals surface area contributed by atoms with Crippen LogP contribution in [0.25, 0.3) is 0 Å². The highest BCUT2D eigenvalue weighted by molar-refractivity contribution is 5.76. The van der Waals surface area contributed by atoms with Gasteiger partial charge in [0.2, 0.25) is 5.91 Å². The number of carbonyl (C=O) groups excluding carboxylic acids is 1. The Kier molecular flexibility index (Phi) is 6.31. The normalized spacial score (nSPS) is 23.3. The van der Waals surface area contributed by atoms with E-state index in [2.05, 4.69) is 37.9 Å².